The number of halogens is 3. The minimum atomic E-state index is -4.99. The van der Waals surface area contributed by atoms with Gasteiger partial charge in [0.2, 0.25) is 5.54 Å². The van der Waals surface area contributed by atoms with E-state index in [0.717, 1.165) is 5.56 Å². The standard InChI is InChI=1S/C22H23F3N4O2/c1-27-12-13-28(18(14-27)16-8-4-2-5-9-16)15-29-19(30)21(22(23,24)25,26-20(29)31)17-10-6-3-7-11-17/h2-11,18H,12-15H2,1H3,(H,26,31). The first-order chi connectivity index (χ1) is 14.7. The summed E-state index contributed by atoms with van der Waals surface area (Å²) >= 11 is 0. The number of nitrogens with one attached hydrogen (secondary N) is 1. The Bertz CT molecular complexity index is 954. The van der Waals surface area contributed by atoms with E-state index < -0.39 is 23.7 Å². The van der Waals surface area contributed by atoms with Crippen molar-refractivity contribution in [1.82, 2.24) is 20.0 Å². The van der Waals surface area contributed by atoms with Crippen LogP contribution in [0.25, 0.3) is 0 Å². The monoisotopic (exact) mass is 432 g/mol. The number of alkyl halides is 3. The predicted octanol–water partition coefficient (Wildman–Crippen LogP) is 2.94. The quantitative estimate of drug-likeness (QED) is 0.755. The topological polar surface area (TPSA) is 55.9 Å². The summed E-state index contributed by atoms with van der Waals surface area (Å²) in [5.41, 5.74) is -2.41. The summed E-state index contributed by atoms with van der Waals surface area (Å²) in [5.74, 6) is -1.30. The lowest BCUT2D eigenvalue weighted by Crippen LogP contribution is -2.56. The number of carbonyl (C=O) groups is 2. The molecule has 2 aliphatic heterocycles. The van der Waals surface area contributed by atoms with Gasteiger partial charge in [-0.2, -0.15) is 13.2 Å². The van der Waals surface area contributed by atoms with Gasteiger partial charge in [-0.15, -0.1) is 0 Å². The molecule has 2 aromatic rings. The number of hydrogen-bond donors (Lipinski definition) is 1. The van der Waals surface area contributed by atoms with Gasteiger partial charge in [0.15, 0.2) is 0 Å². The van der Waals surface area contributed by atoms with E-state index in [1.54, 1.807) is 6.07 Å². The van der Waals surface area contributed by atoms with Crippen LogP contribution < -0.4 is 5.32 Å². The van der Waals surface area contributed by atoms with E-state index in [4.69, 9.17) is 0 Å². The summed E-state index contributed by atoms with van der Waals surface area (Å²) in [6, 6.07) is 15.1. The van der Waals surface area contributed by atoms with Gasteiger partial charge in [0.05, 0.1) is 6.67 Å². The molecule has 2 aromatic carbocycles. The van der Waals surface area contributed by atoms with Gasteiger partial charge in [0.1, 0.15) is 0 Å². The first-order valence-electron chi connectivity index (χ1n) is 9.98. The van der Waals surface area contributed by atoms with E-state index in [9.17, 15) is 22.8 Å². The number of hydrogen-bond acceptors (Lipinski definition) is 4. The zero-order valence-electron chi connectivity index (χ0n) is 17.0. The highest BCUT2D eigenvalue weighted by Crippen LogP contribution is 2.43. The minimum Gasteiger partial charge on any atom is -0.312 e. The molecule has 31 heavy (non-hydrogen) atoms. The molecular formula is C22H23F3N4O2. The lowest BCUT2D eigenvalue weighted by Gasteiger charge is -2.41. The van der Waals surface area contributed by atoms with Crippen LogP contribution in [0.15, 0.2) is 60.7 Å². The molecule has 2 heterocycles. The zero-order chi connectivity index (χ0) is 22.2. The lowest BCUT2D eigenvalue weighted by molar-refractivity contribution is -0.198. The van der Waals surface area contributed by atoms with E-state index >= 15 is 0 Å². The smallest absolute Gasteiger partial charge is 0.312 e. The Morgan fingerprint density at radius 1 is 1.00 bits per heavy atom. The third-order valence-corrected chi connectivity index (χ3v) is 5.94. The first-order valence-corrected chi connectivity index (χ1v) is 9.98. The molecule has 6 nitrogen and oxygen atoms in total. The molecule has 2 atom stereocenters. The first kappa shape index (κ1) is 21.3. The molecule has 0 spiro atoms. The largest absolute Gasteiger partial charge is 0.425 e. The Labute approximate surface area is 178 Å². The fourth-order valence-corrected chi connectivity index (χ4v) is 4.24. The van der Waals surface area contributed by atoms with E-state index in [-0.39, 0.29) is 18.3 Å². The van der Waals surface area contributed by atoms with Crippen LogP contribution in [-0.4, -0.2) is 66.2 Å². The predicted molar refractivity (Wildman–Crippen MR) is 108 cm³/mol. The average Bonchev–Trinajstić information content (AvgIpc) is 3.02. The zero-order valence-corrected chi connectivity index (χ0v) is 17.0. The lowest BCUT2D eigenvalue weighted by atomic mass is 9.89. The van der Waals surface area contributed by atoms with Crippen LogP contribution in [0.2, 0.25) is 0 Å². The van der Waals surface area contributed by atoms with Crippen LogP contribution in [0.3, 0.4) is 0 Å². The van der Waals surface area contributed by atoms with Gasteiger partial charge < -0.3 is 10.2 Å². The molecule has 2 unspecified atom stereocenters. The number of amides is 3. The molecule has 3 amide bonds. The summed E-state index contributed by atoms with van der Waals surface area (Å²) in [5, 5.41) is 1.95. The van der Waals surface area contributed by atoms with E-state index in [2.05, 4.69) is 4.90 Å². The second-order valence-electron chi connectivity index (χ2n) is 7.92. The molecule has 164 valence electrons. The van der Waals surface area contributed by atoms with Gasteiger partial charge in [-0.05, 0) is 18.2 Å². The SMILES string of the molecule is CN1CCN(CN2C(=O)NC(c3ccccc3)(C(F)(F)F)C2=O)C(c2ccccc2)C1. The van der Waals surface area contributed by atoms with E-state index in [1.807, 2.05) is 47.6 Å². The van der Waals surface area contributed by atoms with Crippen molar-refractivity contribution in [3.8, 4) is 0 Å². The van der Waals surface area contributed by atoms with Crippen LogP contribution >= 0.6 is 0 Å². The Balaban J connectivity index is 1.66. The van der Waals surface area contributed by atoms with Crippen LogP contribution in [0, 0.1) is 0 Å². The van der Waals surface area contributed by atoms with Crippen LogP contribution in [-0.2, 0) is 10.3 Å². The van der Waals surface area contributed by atoms with Gasteiger partial charge in [0, 0.05) is 25.7 Å². The fraction of sp³-hybridized carbons (Fsp3) is 0.364. The Morgan fingerprint density at radius 3 is 2.23 bits per heavy atom. The van der Waals surface area contributed by atoms with Crippen LogP contribution in [0.5, 0.6) is 0 Å². The van der Waals surface area contributed by atoms with Gasteiger partial charge in [-0.25, -0.2) is 9.69 Å². The van der Waals surface area contributed by atoms with Crippen LogP contribution in [0.1, 0.15) is 17.2 Å². The van der Waals surface area contributed by atoms with E-state index in [1.165, 1.54) is 24.3 Å². The number of benzene rings is 2. The van der Waals surface area contributed by atoms with Crippen LogP contribution in [0.4, 0.5) is 18.0 Å². The average molecular weight is 432 g/mol. The molecule has 1 N–H and O–H groups in total. The van der Waals surface area contributed by atoms with Gasteiger partial charge in [0.25, 0.3) is 5.91 Å². The molecule has 0 saturated carbocycles. The minimum absolute atomic E-state index is 0.154. The van der Waals surface area contributed by atoms with Crippen molar-refractivity contribution in [2.75, 3.05) is 33.4 Å². The number of rotatable bonds is 4. The molecule has 0 radical (unpaired) electrons. The normalized spacial score (nSPS) is 25.7. The maximum Gasteiger partial charge on any atom is 0.425 e. The number of nitrogens with zero attached hydrogens (tertiary/aromatic N) is 3. The third-order valence-electron chi connectivity index (χ3n) is 5.94. The third kappa shape index (κ3) is 3.68. The van der Waals surface area contributed by atoms with Crippen molar-refractivity contribution in [2.45, 2.75) is 17.8 Å². The highest BCUT2D eigenvalue weighted by Gasteiger charge is 2.68. The number of imide groups is 1. The summed E-state index contributed by atoms with van der Waals surface area (Å²) < 4.78 is 42.6. The summed E-state index contributed by atoms with van der Waals surface area (Å²) in [6.07, 6.45) is -4.99. The molecule has 9 heteroatoms. The Kier molecular flexibility index (Phi) is 5.49. The Morgan fingerprint density at radius 2 is 1.61 bits per heavy atom. The number of piperazine rings is 1. The molecule has 2 fully saturated rings. The molecule has 0 aliphatic carbocycles. The summed E-state index contributed by atoms with van der Waals surface area (Å²) in [6.45, 7) is 1.60. The summed E-state index contributed by atoms with van der Waals surface area (Å²) in [4.78, 5) is 30.5. The molecule has 2 saturated heterocycles. The number of likely N-dealkylation sites (N-methyl/N-ethyl adjacent to an activating group) is 1. The van der Waals surface area contributed by atoms with Crippen molar-refractivity contribution in [1.29, 1.82) is 0 Å². The Hall–Kier alpha value is -2.91. The number of carbonyl (C=O) groups excluding carboxylic acids is 2. The number of urea groups is 1. The fourth-order valence-electron chi connectivity index (χ4n) is 4.24. The van der Waals surface area contributed by atoms with Crippen molar-refractivity contribution in [2.24, 2.45) is 0 Å². The molecule has 2 aliphatic rings. The van der Waals surface area contributed by atoms with Crippen molar-refractivity contribution >= 4 is 11.9 Å². The highest BCUT2D eigenvalue weighted by atomic mass is 19.4. The highest BCUT2D eigenvalue weighted by molar-refractivity contribution is 6.08. The van der Waals surface area contributed by atoms with Crippen molar-refractivity contribution in [3.05, 3.63) is 71.8 Å². The second kappa shape index (κ2) is 7.97. The second-order valence-corrected chi connectivity index (χ2v) is 7.92. The summed E-state index contributed by atoms with van der Waals surface area (Å²) in [7, 11) is 1.96. The molecule has 4 rings (SSSR count). The maximum atomic E-state index is 14.2. The molecular weight excluding hydrogens is 409 g/mol. The van der Waals surface area contributed by atoms with E-state index in [0.29, 0.717) is 24.5 Å². The van der Waals surface area contributed by atoms with Gasteiger partial charge in [-0.3, -0.25) is 9.69 Å². The molecule has 0 bridgehead atoms. The maximum absolute atomic E-state index is 14.2. The van der Waals surface area contributed by atoms with Gasteiger partial charge in [-0.1, -0.05) is 60.7 Å². The van der Waals surface area contributed by atoms with Crippen molar-refractivity contribution < 1.29 is 22.8 Å². The van der Waals surface area contributed by atoms with Crippen molar-refractivity contribution in [3.63, 3.8) is 0 Å². The van der Waals surface area contributed by atoms with Gasteiger partial charge >= 0.3 is 12.2 Å². The molecule has 0 aromatic heterocycles.